The number of rotatable bonds is 6. The van der Waals surface area contributed by atoms with Gasteiger partial charge in [-0.05, 0) is 24.3 Å². The van der Waals surface area contributed by atoms with Gasteiger partial charge in [0.05, 0.1) is 4.92 Å². The molecule has 1 saturated heterocycles. The molecule has 1 fully saturated rings. The number of urea groups is 1. The summed E-state index contributed by atoms with van der Waals surface area (Å²) in [6.45, 7) is 4.16. The van der Waals surface area contributed by atoms with Gasteiger partial charge in [0.2, 0.25) is 5.91 Å². The Morgan fingerprint density at radius 3 is 2.23 bits per heavy atom. The Bertz CT molecular complexity index is 867. The summed E-state index contributed by atoms with van der Waals surface area (Å²) in [7, 11) is 0. The maximum Gasteiger partial charge on any atom is 0.337 e. The molecule has 0 atom stereocenters. The van der Waals surface area contributed by atoms with Crippen molar-refractivity contribution in [3.8, 4) is 0 Å². The lowest BCUT2D eigenvalue weighted by molar-refractivity contribution is -0.384. The van der Waals surface area contributed by atoms with Crippen LogP contribution in [0.4, 0.5) is 21.9 Å². The summed E-state index contributed by atoms with van der Waals surface area (Å²) in [5.74, 6) is -0.292. The highest BCUT2D eigenvalue weighted by molar-refractivity contribution is 5.91. The number of non-ortho nitro benzene ring substituents is 1. The van der Waals surface area contributed by atoms with Crippen LogP contribution in [0.2, 0.25) is 0 Å². The quantitative estimate of drug-likeness (QED) is 0.493. The number of hydrogen-bond donors (Lipinski definition) is 3. The van der Waals surface area contributed by atoms with E-state index in [-0.39, 0.29) is 18.0 Å². The summed E-state index contributed by atoms with van der Waals surface area (Å²) in [4.78, 5) is 38.4. The number of nitrogens with zero attached hydrogens (tertiary/aromatic N) is 3. The van der Waals surface area contributed by atoms with Crippen molar-refractivity contribution in [2.45, 2.75) is 6.42 Å². The lowest BCUT2D eigenvalue weighted by atomic mass is 10.2. The molecule has 0 saturated carbocycles. The number of nitrogens with one attached hydrogen (secondary N) is 3. The van der Waals surface area contributed by atoms with Crippen molar-refractivity contribution in [2.75, 3.05) is 42.9 Å². The second kappa shape index (κ2) is 10.2. The van der Waals surface area contributed by atoms with Crippen LogP contribution in [0.25, 0.3) is 0 Å². The van der Waals surface area contributed by atoms with Gasteiger partial charge in [0.15, 0.2) is 0 Å². The second-order valence-electron chi connectivity index (χ2n) is 6.85. The van der Waals surface area contributed by atoms with Crippen LogP contribution in [-0.4, -0.2) is 54.5 Å². The molecule has 2 aromatic rings. The fourth-order valence-corrected chi connectivity index (χ4v) is 3.15. The van der Waals surface area contributed by atoms with Gasteiger partial charge < -0.3 is 10.2 Å². The van der Waals surface area contributed by atoms with E-state index in [1.165, 1.54) is 30.0 Å². The maximum absolute atomic E-state index is 12.0. The van der Waals surface area contributed by atoms with Crippen molar-refractivity contribution in [2.24, 2.45) is 0 Å². The van der Waals surface area contributed by atoms with Gasteiger partial charge in [-0.2, -0.15) is 0 Å². The topological polar surface area (TPSA) is 120 Å². The van der Waals surface area contributed by atoms with Crippen LogP contribution < -0.4 is 21.1 Å². The minimum atomic E-state index is -0.631. The first-order valence-corrected chi connectivity index (χ1v) is 9.64. The molecule has 30 heavy (non-hydrogen) atoms. The third-order valence-electron chi connectivity index (χ3n) is 4.80. The van der Waals surface area contributed by atoms with Crippen LogP contribution in [0, 0.1) is 10.1 Å². The van der Waals surface area contributed by atoms with Crippen molar-refractivity contribution in [3.05, 3.63) is 64.7 Å². The molecule has 10 heteroatoms. The third kappa shape index (κ3) is 6.17. The minimum Gasteiger partial charge on any atom is -0.369 e. The van der Waals surface area contributed by atoms with Crippen molar-refractivity contribution in [1.29, 1.82) is 0 Å². The van der Waals surface area contributed by atoms with Crippen molar-refractivity contribution >= 4 is 29.0 Å². The zero-order valence-corrected chi connectivity index (χ0v) is 16.4. The van der Waals surface area contributed by atoms with Crippen molar-refractivity contribution in [1.82, 2.24) is 15.8 Å². The predicted octanol–water partition coefficient (Wildman–Crippen LogP) is 1.96. The van der Waals surface area contributed by atoms with Crippen LogP contribution in [0.3, 0.4) is 0 Å². The highest BCUT2D eigenvalue weighted by atomic mass is 16.6. The first-order chi connectivity index (χ1) is 14.5. The molecular weight excluding hydrogens is 388 g/mol. The Kier molecular flexibility index (Phi) is 7.17. The van der Waals surface area contributed by atoms with Crippen molar-refractivity contribution < 1.29 is 14.5 Å². The van der Waals surface area contributed by atoms with Gasteiger partial charge in [0.25, 0.3) is 5.69 Å². The Labute approximate surface area is 174 Å². The van der Waals surface area contributed by atoms with E-state index in [2.05, 4.69) is 38.1 Å². The molecule has 1 aliphatic rings. The average molecular weight is 412 g/mol. The fourth-order valence-electron chi connectivity index (χ4n) is 3.15. The number of hydrogen-bond acceptors (Lipinski definition) is 6. The van der Waals surface area contributed by atoms with Crippen LogP contribution in [0.1, 0.15) is 6.42 Å². The number of nitro groups is 1. The second-order valence-corrected chi connectivity index (χ2v) is 6.85. The van der Waals surface area contributed by atoms with Gasteiger partial charge in [-0.15, -0.1) is 0 Å². The van der Waals surface area contributed by atoms with Crippen LogP contribution in [0.5, 0.6) is 0 Å². The van der Waals surface area contributed by atoms with Gasteiger partial charge in [-0.1, -0.05) is 18.2 Å². The summed E-state index contributed by atoms with van der Waals surface area (Å²) in [5, 5.41) is 13.1. The lowest BCUT2D eigenvalue weighted by Crippen LogP contribution is -2.48. The van der Waals surface area contributed by atoms with Crippen LogP contribution >= 0.6 is 0 Å². The number of carbonyl (C=O) groups is 2. The standard InChI is InChI=1S/C20H24N6O4/c27-19(22-23-20(28)21-16-6-8-18(9-7-16)26(29)30)10-11-24-12-14-25(15-13-24)17-4-2-1-3-5-17/h1-9H,10-15H2,(H,22,27)(H2,21,23,28). The highest BCUT2D eigenvalue weighted by Gasteiger charge is 2.17. The number of benzene rings is 2. The largest absolute Gasteiger partial charge is 0.369 e. The van der Waals surface area contributed by atoms with Crippen LogP contribution in [-0.2, 0) is 4.79 Å². The Hall–Kier alpha value is -3.66. The van der Waals surface area contributed by atoms with Gasteiger partial charge in [0, 0.05) is 62.7 Å². The summed E-state index contributed by atoms with van der Waals surface area (Å²) < 4.78 is 0. The van der Waals surface area contributed by atoms with Gasteiger partial charge in [-0.3, -0.25) is 25.2 Å². The highest BCUT2D eigenvalue weighted by Crippen LogP contribution is 2.16. The molecule has 0 bridgehead atoms. The molecule has 3 amide bonds. The number of para-hydroxylation sites is 1. The summed E-state index contributed by atoms with van der Waals surface area (Å²) in [6, 6.07) is 15.0. The molecule has 1 heterocycles. The number of amides is 3. The normalized spacial score (nSPS) is 14.1. The molecule has 0 aliphatic carbocycles. The molecule has 10 nitrogen and oxygen atoms in total. The van der Waals surface area contributed by atoms with E-state index in [4.69, 9.17) is 0 Å². The van der Waals surface area contributed by atoms with Gasteiger partial charge >= 0.3 is 6.03 Å². The Morgan fingerprint density at radius 1 is 0.933 bits per heavy atom. The van der Waals surface area contributed by atoms with E-state index in [1.807, 2.05) is 18.2 Å². The Balaban J connectivity index is 1.32. The van der Waals surface area contributed by atoms with E-state index >= 15 is 0 Å². The molecular formula is C20H24N6O4. The summed E-state index contributed by atoms with van der Waals surface area (Å²) in [5.41, 5.74) is 6.15. The van der Waals surface area contributed by atoms with E-state index in [0.717, 1.165) is 26.2 Å². The monoisotopic (exact) mass is 412 g/mol. The molecule has 0 radical (unpaired) electrons. The smallest absolute Gasteiger partial charge is 0.337 e. The zero-order valence-electron chi connectivity index (χ0n) is 16.4. The van der Waals surface area contributed by atoms with E-state index in [0.29, 0.717) is 12.2 Å². The lowest BCUT2D eigenvalue weighted by Gasteiger charge is -2.36. The summed E-state index contributed by atoms with van der Waals surface area (Å²) in [6.07, 6.45) is 0.267. The SMILES string of the molecule is O=C(CCN1CCN(c2ccccc2)CC1)NNC(=O)Nc1ccc([N+](=O)[O-])cc1. The van der Waals surface area contributed by atoms with E-state index < -0.39 is 11.0 Å². The van der Waals surface area contributed by atoms with Gasteiger partial charge in [-0.25, -0.2) is 10.2 Å². The zero-order chi connectivity index (χ0) is 21.3. The Morgan fingerprint density at radius 2 is 1.60 bits per heavy atom. The number of carbonyl (C=O) groups excluding carboxylic acids is 2. The van der Waals surface area contributed by atoms with Gasteiger partial charge in [0.1, 0.15) is 0 Å². The average Bonchev–Trinajstić information content (AvgIpc) is 2.77. The number of hydrazine groups is 1. The number of nitro benzene ring substituents is 1. The molecule has 0 unspecified atom stereocenters. The maximum atomic E-state index is 12.0. The first-order valence-electron chi connectivity index (χ1n) is 9.64. The van der Waals surface area contributed by atoms with Crippen molar-refractivity contribution in [3.63, 3.8) is 0 Å². The molecule has 158 valence electrons. The minimum absolute atomic E-state index is 0.0705. The molecule has 1 aliphatic heterocycles. The summed E-state index contributed by atoms with van der Waals surface area (Å²) >= 11 is 0. The molecule has 0 aromatic heterocycles. The first kappa shape index (κ1) is 21.1. The number of anilines is 2. The van der Waals surface area contributed by atoms with E-state index in [1.54, 1.807) is 0 Å². The van der Waals surface area contributed by atoms with Crippen LogP contribution in [0.15, 0.2) is 54.6 Å². The van der Waals surface area contributed by atoms with E-state index in [9.17, 15) is 19.7 Å². The third-order valence-corrected chi connectivity index (χ3v) is 4.80. The predicted molar refractivity (Wildman–Crippen MR) is 113 cm³/mol. The molecule has 3 rings (SSSR count). The molecule has 0 spiro atoms. The fraction of sp³-hybridized carbons (Fsp3) is 0.300. The molecule has 2 aromatic carbocycles. The number of piperazine rings is 1. The molecule has 3 N–H and O–H groups in total.